The number of aryl methyl sites for hydroxylation is 1. The van der Waals surface area contributed by atoms with E-state index in [2.05, 4.69) is 199 Å². The number of fused-ring (bicyclic) bond motifs is 4. The smallest absolute Gasteiger partial charge is 0.160 e. The van der Waals surface area contributed by atoms with Crippen molar-refractivity contribution in [3.63, 3.8) is 0 Å². The molecule has 10 aromatic rings. The van der Waals surface area contributed by atoms with Gasteiger partial charge in [-0.3, -0.25) is 4.57 Å². The van der Waals surface area contributed by atoms with E-state index < -0.39 is 0 Å². The molecule has 5 nitrogen and oxygen atoms in total. The molecule has 0 radical (unpaired) electrons. The Morgan fingerprint density at radius 2 is 1.18 bits per heavy atom. The number of hydrogen-bond acceptors (Lipinski definition) is 5. The van der Waals surface area contributed by atoms with Crippen molar-refractivity contribution < 1.29 is 0 Å². The van der Waals surface area contributed by atoms with Crippen molar-refractivity contribution in [1.29, 1.82) is 0 Å². The number of aliphatic imine (C=N–C) groups is 2. The second-order valence-corrected chi connectivity index (χ2v) is 16.2. The van der Waals surface area contributed by atoms with Crippen LogP contribution in [0, 0.1) is 0 Å². The molecule has 0 amide bonds. The second kappa shape index (κ2) is 15.1. The van der Waals surface area contributed by atoms with E-state index in [1.165, 1.54) is 31.3 Å². The Balaban J connectivity index is 0.950. The summed E-state index contributed by atoms with van der Waals surface area (Å²) in [7, 11) is 0. The van der Waals surface area contributed by atoms with E-state index in [0.717, 1.165) is 79.6 Å². The largest absolute Gasteiger partial charge is 0.344 e. The minimum absolute atomic E-state index is 0.303. The maximum atomic E-state index is 5.33. The van der Waals surface area contributed by atoms with Gasteiger partial charge in [-0.25, -0.2) is 15.0 Å². The van der Waals surface area contributed by atoms with E-state index in [1.54, 1.807) is 11.3 Å². The molecule has 11 rings (SSSR count). The Morgan fingerprint density at radius 1 is 0.550 bits per heavy atom. The third-order valence-corrected chi connectivity index (χ3v) is 12.7. The molecule has 0 saturated carbocycles. The summed E-state index contributed by atoms with van der Waals surface area (Å²) in [4.78, 5) is 15.5. The Kier molecular flexibility index (Phi) is 8.98. The lowest BCUT2D eigenvalue weighted by Crippen LogP contribution is -2.34. The van der Waals surface area contributed by atoms with Crippen LogP contribution >= 0.6 is 11.3 Å². The quantitative estimate of drug-likeness (QED) is 0.167. The molecule has 0 spiro atoms. The number of imidazole rings is 1. The van der Waals surface area contributed by atoms with Crippen molar-refractivity contribution in [2.24, 2.45) is 9.98 Å². The molecule has 2 aromatic heterocycles. The highest BCUT2D eigenvalue weighted by atomic mass is 32.1. The first kappa shape index (κ1) is 35.7. The molecule has 0 saturated heterocycles. The van der Waals surface area contributed by atoms with Crippen molar-refractivity contribution in [2.45, 2.75) is 19.5 Å². The summed E-state index contributed by atoms with van der Waals surface area (Å²) in [6.07, 6.45) is 0.558. The van der Waals surface area contributed by atoms with Crippen molar-refractivity contribution >= 4 is 54.2 Å². The monoisotopic (exact) mass is 789 g/mol. The maximum Gasteiger partial charge on any atom is 0.160 e. The second-order valence-electron chi connectivity index (χ2n) is 15.1. The van der Waals surface area contributed by atoms with Crippen LogP contribution in [-0.2, 0) is 6.42 Å². The highest BCUT2D eigenvalue weighted by molar-refractivity contribution is 7.26. The minimum Gasteiger partial charge on any atom is -0.344 e. The van der Waals surface area contributed by atoms with Crippen LogP contribution in [0.25, 0.3) is 70.3 Å². The van der Waals surface area contributed by atoms with E-state index in [4.69, 9.17) is 15.0 Å². The lowest BCUT2D eigenvalue weighted by molar-refractivity contribution is 0.674. The van der Waals surface area contributed by atoms with Gasteiger partial charge in [0.25, 0.3) is 0 Å². The van der Waals surface area contributed by atoms with Crippen molar-refractivity contribution in [3.05, 3.63) is 217 Å². The van der Waals surface area contributed by atoms with Gasteiger partial charge in [-0.1, -0.05) is 153 Å². The molecule has 1 aliphatic rings. The molecule has 286 valence electrons. The van der Waals surface area contributed by atoms with Gasteiger partial charge in [0.05, 0.1) is 11.0 Å². The molecule has 1 atom stereocenters. The first-order valence-corrected chi connectivity index (χ1v) is 21.3. The first-order chi connectivity index (χ1) is 29.7. The van der Waals surface area contributed by atoms with E-state index >= 15 is 0 Å². The molecule has 0 bridgehead atoms. The van der Waals surface area contributed by atoms with Gasteiger partial charge >= 0.3 is 0 Å². The number of benzene rings is 8. The number of nitrogens with zero attached hydrogens (tertiary/aromatic N) is 4. The zero-order chi connectivity index (χ0) is 40.0. The van der Waals surface area contributed by atoms with Crippen LogP contribution in [0.5, 0.6) is 0 Å². The highest BCUT2D eigenvalue weighted by Gasteiger charge is 2.24. The van der Waals surface area contributed by atoms with Crippen molar-refractivity contribution in [2.75, 3.05) is 0 Å². The molecule has 1 unspecified atom stereocenters. The number of amidine groups is 2. The average molecular weight is 790 g/mol. The summed E-state index contributed by atoms with van der Waals surface area (Å²) in [5, 5.41) is 6.22. The Bertz CT molecular complexity index is 3280. The highest BCUT2D eigenvalue weighted by Crippen LogP contribution is 2.38. The Morgan fingerprint density at radius 3 is 2.00 bits per heavy atom. The van der Waals surface area contributed by atoms with Crippen LogP contribution < -0.4 is 5.32 Å². The van der Waals surface area contributed by atoms with Crippen LogP contribution in [0.2, 0.25) is 0 Å². The standard InChI is InChI=1S/C54H39N5S/c1-2-50-55-47-26-9-10-27-48(47)59(50)41-31-29-35(30-32-41)37-17-12-18-38(33-37)39-19-13-20-40(34-39)42-21-6-7-23-45(42)53-56-52(36-15-4-3-5-16-36)57-54(58-53)46-25-14-24-44-43-22-8-11-28-49(43)60-51(44)46/h3-34,52H,2H2,1H3,(H,56,57,58). The summed E-state index contributed by atoms with van der Waals surface area (Å²) in [5.41, 5.74) is 13.3. The van der Waals surface area contributed by atoms with Crippen molar-refractivity contribution in [3.8, 4) is 39.1 Å². The number of thiophene rings is 1. The lowest BCUT2D eigenvalue weighted by atomic mass is 9.94. The Hall–Kier alpha value is -7.41. The normalized spacial score (nSPS) is 14.0. The molecule has 1 N–H and O–H groups in total. The molecule has 3 heterocycles. The van der Waals surface area contributed by atoms with Crippen LogP contribution in [0.15, 0.2) is 204 Å². The molecular formula is C54H39N5S. The zero-order valence-corrected chi connectivity index (χ0v) is 33.8. The minimum atomic E-state index is -0.303. The summed E-state index contributed by atoms with van der Waals surface area (Å²) in [6, 6.07) is 69.0. The van der Waals surface area contributed by atoms with E-state index in [0.29, 0.717) is 0 Å². The summed E-state index contributed by atoms with van der Waals surface area (Å²) in [5.74, 6) is 2.59. The summed E-state index contributed by atoms with van der Waals surface area (Å²) in [6.45, 7) is 2.16. The fourth-order valence-electron chi connectivity index (χ4n) is 8.53. The van der Waals surface area contributed by atoms with Gasteiger partial charge in [0.15, 0.2) is 5.84 Å². The summed E-state index contributed by atoms with van der Waals surface area (Å²) < 4.78 is 4.73. The van der Waals surface area contributed by atoms with Gasteiger partial charge in [0, 0.05) is 43.4 Å². The van der Waals surface area contributed by atoms with Crippen molar-refractivity contribution in [1.82, 2.24) is 14.9 Å². The van der Waals surface area contributed by atoms with Crippen LogP contribution in [-0.4, -0.2) is 21.2 Å². The third kappa shape index (κ3) is 6.38. The molecule has 0 fully saturated rings. The predicted octanol–water partition coefficient (Wildman–Crippen LogP) is 13.5. The fraction of sp³-hybridized carbons (Fsp3) is 0.0556. The van der Waals surface area contributed by atoms with Gasteiger partial charge in [-0.2, -0.15) is 0 Å². The summed E-state index contributed by atoms with van der Waals surface area (Å²) >= 11 is 1.80. The molecule has 60 heavy (non-hydrogen) atoms. The van der Waals surface area contributed by atoms with Gasteiger partial charge in [-0.15, -0.1) is 11.3 Å². The number of para-hydroxylation sites is 2. The number of aromatic nitrogens is 2. The first-order valence-electron chi connectivity index (χ1n) is 20.4. The van der Waals surface area contributed by atoms with E-state index in [1.807, 2.05) is 12.1 Å². The van der Waals surface area contributed by atoms with E-state index in [-0.39, 0.29) is 6.17 Å². The molecule has 8 aromatic carbocycles. The van der Waals surface area contributed by atoms with Gasteiger partial charge in [0.1, 0.15) is 17.8 Å². The number of nitrogens with one attached hydrogen (secondary N) is 1. The lowest BCUT2D eigenvalue weighted by Gasteiger charge is -2.25. The molecule has 1 aliphatic heterocycles. The fourth-order valence-corrected chi connectivity index (χ4v) is 9.74. The topological polar surface area (TPSA) is 54.6 Å². The number of hydrogen-bond donors (Lipinski definition) is 1. The Labute approximate surface area is 352 Å². The SMILES string of the molecule is CCc1nc2ccccc2n1-c1ccc(-c2cccc(-c3cccc(-c4ccccc4C4=NC(c5cccc6c5sc5ccccc56)=NC(c5ccccc5)N4)c3)c2)cc1. The van der Waals surface area contributed by atoms with Gasteiger partial charge in [0.2, 0.25) is 0 Å². The predicted molar refractivity (Wildman–Crippen MR) is 251 cm³/mol. The average Bonchev–Trinajstić information content (AvgIpc) is 3.91. The maximum absolute atomic E-state index is 5.33. The van der Waals surface area contributed by atoms with E-state index in [9.17, 15) is 0 Å². The van der Waals surface area contributed by atoms with Crippen LogP contribution in [0.4, 0.5) is 0 Å². The molecule has 0 aliphatic carbocycles. The molecular weight excluding hydrogens is 751 g/mol. The van der Waals surface area contributed by atoms with Crippen LogP contribution in [0.3, 0.4) is 0 Å². The zero-order valence-electron chi connectivity index (χ0n) is 33.0. The molecule has 6 heteroatoms. The van der Waals surface area contributed by atoms with Gasteiger partial charge in [-0.05, 0) is 87.5 Å². The number of rotatable bonds is 8. The third-order valence-electron chi connectivity index (χ3n) is 11.5. The van der Waals surface area contributed by atoms with Crippen LogP contribution in [0.1, 0.15) is 35.6 Å². The van der Waals surface area contributed by atoms with Gasteiger partial charge < -0.3 is 5.32 Å².